The molecule has 6 fully saturated rings. The van der Waals surface area contributed by atoms with Crippen molar-refractivity contribution in [3.63, 3.8) is 0 Å². The zero-order chi connectivity index (χ0) is 27.4. The van der Waals surface area contributed by atoms with E-state index in [-0.39, 0.29) is 24.4 Å². The maximum absolute atomic E-state index is 9.61. The second kappa shape index (κ2) is 12.3. The fourth-order valence-corrected chi connectivity index (χ4v) is 47.4. The molecule has 6 aliphatic carbocycles. The van der Waals surface area contributed by atoms with Crippen LogP contribution in [0.5, 0.6) is 0 Å². The number of hydrogen-bond acceptors (Lipinski definition) is 0. The van der Waals surface area contributed by atoms with Gasteiger partial charge in [-0.1, -0.05) is 0 Å². The first-order valence-electron chi connectivity index (χ1n) is 18.2. The molecule has 40 heavy (non-hydrogen) atoms. The molecule has 0 nitrogen and oxygen atoms in total. The van der Waals surface area contributed by atoms with Gasteiger partial charge in [0.05, 0.1) is 0 Å². The average Bonchev–Trinajstić information content (AvgIpc) is 3.80. The van der Waals surface area contributed by atoms with Crippen LogP contribution in [0.25, 0.3) is 0 Å². The molecule has 0 N–H and O–H groups in total. The molecule has 0 spiro atoms. The Balaban J connectivity index is 0.00000323. The molecule has 0 bridgehead atoms. The van der Waals surface area contributed by atoms with Crippen LogP contribution in [0.15, 0.2) is 0 Å². The van der Waals surface area contributed by atoms with Crippen LogP contribution in [0.4, 0.5) is 0 Å². The Labute approximate surface area is 272 Å². The molecule has 0 radical (unpaired) electrons. The van der Waals surface area contributed by atoms with Crippen LogP contribution >= 0.6 is 34.4 Å². The fourth-order valence-electron chi connectivity index (χ4n) is 14.1. The normalized spacial score (nSPS) is 30.9. The summed E-state index contributed by atoms with van der Waals surface area (Å²) in [7, 11) is 0. The van der Waals surface area contributed by atoms with E-state index in [9.17, 15) is 22.5 Å². The summed E-state index contributed by atoms with van der Waals surface area (Å²) in [5.74, 6) is -5.13. The summed E-state index contributed by atoms with van der Waals surface area (Å²) in [6.45, 7) is 8.35. The summed E-state index contributed by atoms with van der Waals surface area (Å²) in [5.41, 5.74) is 4.84. The molecule has 0 aromatic rings. The van der Waals surface area contributed by atoms with Gasteiger partial charge in [-0.15, -0.1) is 0 Å². The van der Waals surface area contributed by atoms with Crippen molar-refractivity contribution in [1.29, 1.82) is 0 Å². The van der Waals surface area contributed by atoms with Gasteiger partial charge in [0.25, 0.3) is 0 Å². The van der Waals surface area contributed by atoms with Crippen molar-refractivity contribution < 1.29 is 19.5 Å². The summed E-state index contributed by atoms with van der Waals surface area (Å²) in [5, 5.41) is 0. The summed E-state index contributed by atoms with van der Waals surface area (Å²) in [4.78, 5) is 0.179. The van der Waals surface area contributed by atoms with Crippen LogP contribution in [0.2, 0.25) is 0 Å². The molecule has 0 heterocycles. The van der Waals surface area contributed by atoms with Gasteiger partial charge in [0, 0.05) is 19.5 Å². The minimum atomic E-state index is -2.87. The molecular formula is C35H64Cl2P2Ru. The van der Waals surface area contributed by atoms with Crippen LogP contribution in [0.1, 0.15) is 175 Å². The van der Waals surface area contributed by atoms with E-state index in [2.05, 4.69) is 20.8 Å². The van der Waals surface area contributed by atoms with Gasteiger partial charge < -0.3 is 0 Å². The largest absolute Gasteiger partial charge is 0 e. The van der Waals surface area contributed by atoms with Crippen LogP contribution in [0, 0.1) is 5.92 Å². The zero-order valence-electron chi connectivity index (χ0n) is 26.5. The minimum absolute atomic E-state index is 0. The van der Waals surface area contributed by atoms with Crippen molar-refractivity contribution in [3.05, 3.63) is 0 Å². The smallest absolute Gasteiger partial charge is 0 e. The second-order valence-corrected chi connectivity index (χ2v) is 32.3. The van der Waals surface area contributed by atoms with Gasteiger partial charge in [-0.3, -0.25) is 0 Å². The van der Waals surface area contributed by atoms with E-state index < -0.39 is 11.9 Å². The molecule has 6 rings (SSSR count). The van der Waals surface area contributed by atoms with Crippen molar-refractivity contribution >= 4 is 34.4 Å². The third kappa shape index (κ3) is 4.10. The molecule has 5 heteroatoms. The van der Waals surface area contributed by atoms with E-state index in [4.69, 9.17) is 0 Å². The van der Waals surface area contributed by atoms with Gasteiger partial charge in [-0.05, 0) is 0 Å². The van der Waals surface area contributed by atoms with Crippen LogP contribution in [-0.4, -0.2) is 38.9 Å². The molecule has 236 valence electrons. The summed E-state index contributed by atoms with van der Waals surface area (Å²) >= 11 is 19.2. The zero-order valence-corrected chi connectivity index (χ0v) is 31.6. The summed E-state index contributed by atoms with van der Waals surface area (Å²) < 4.78 is 0. The van der Waals surface area contributed by atoms with E-state index in [1.165, 1.54) is 154 Å². The first-order valence-corrected chi connectivity index (χ1v) is 24.9. The predicted octanol–water partition coefficient (Wildman–Crippen LogP) is 13.4. The van der Waals surface area contributed by atoms with Gasteiger partial charge in [-0.2, -0.15) is 0 Å². The van der Waals surface area contributed by atoms with E-state index in [0.29, 0.717) is 5.92 Å². The molecule has 0 aliphatic heterocycles. The quantitative estimate of drug-likeness (QED) is 0.164. The van der Waals surface area contributed by atoms with Crippen molar-refractivity contribution in [2.45, 2.75) is 214 Å². The molecule has 0 aromatic carbocycles. The van der Waals surface area contributed by atoms with E-state index in [1.807, 2.05) is 0 Å². The van der Waals surface area contributed by atoms with Crippen molar-refractivity contribution in [1.82, 2.24) is 0 Å². The minimum Gasteiger partial charge on any atom is 0 e. The Hall–Kier alpha value is 2.06. The van der Waals surface area contributed by atoms with Crippen molar-refractivity contribution in [2.75, 3.05) is 0 Å². The molecule has 0 amide bonds. The average molecular weight is 719 g/mol. The van der Waals surface area contributed by atoms with E-state index in [0.717, 1.165) is 34.0 Å². The Morgan fingerprint density at radius 3 is 0.700 bits per heavy atom. The number of hydrogen-bond donors (Lipinski definition) is 0. The SMILES string of the molecule is CC(C)C(C)(P(Cl)(C1CCCC1)(C1CCCC1)C1CCCC1)P(Cl)(C1CCCC1)(C1CCCC1)C1CCCC1.[Ru]. The maximum Gasteiger partial charge on any atom is 0 e. The molecule has 0 saturated heterocycles. The Morgan fingerprint density at radius 2 is 0.575 bits per heavy atom. The van der Waals surface area contributed by atoms with Crippen molar-refractivity contribution in [2.24, 2.45) is 5.92 Å². The third-order valence-corrected chi connectivity index (χ3v) is 42.7. The molecule has 0 unspecified atom stereocenters. The number of rotatable bonds is 9. The van der Waals surface area contributed by atoms with Gasteiger partial charge in [0.1, 0.15) is 0 Å². The Kier molecular flexibility index (Phi) is 10.3. The number of halogens is 2. The van der Waals surface area contributed by atoms with Crippen molar-refractivity contribution in [3.8, 4) is 0 Å². The first kappa shape index (κ1) is 33.4. The Morgan fingerprint density at radius 1 is 0.425 bits per heavy atom. The van der Waals surface area contributed by atoms with Gasteiger partial charge in [0.2, 0.25) is 0 Å². The third-order valence-electron chi connectivity index (χ3n) is 15.4. The van der Waals surface area contributed by atoms with Crippen LogP contribution in [-0.2, 0) is 19.5 Å². The van der Waals surface area contributed by atoms with Crippen LogP contribution < -0.4 is 0 Å². The van der Waals surface area contributed by atoms with Gasteiger partial charge in [-0.25, -0.2) is 0 Å². The Bertz CT molecular complexity index is 704. The summed E-state index contributed by atoms with van der Waals surface area (Å²) in [6.07, 6.45) is 34.6. The topological polar surface area (TPSA) is 0 Å². The van der Waals surface area contributed by atoms with E-state index in [1.54, 1.807) is 0 Å². The fraction of sp³-hybridized carbons (Fsp3) is 1.00. The van der Waals surface area contributed by atoms with E-state index >= 15 is 0 Å². The monoisotopic (exact) mass is 718 g/mol. The van der Waals surface area contributed by atoms with Crippen LogP contribution in [0.3, 0.4) is 0 Å². The molecule has 0 aromatic heterocycles. The molecule has 6 aliphatic rings. The molecule has 0 atom stereocenters. The van der Waals surface area contributed by atoms with Gasteiger partial charge in [0.15, 0.2) is 0 Å². The standard InChI is InChI=1S/C35H64Cl2P2.Ru/c1-28(2)35(3,38(36,29-16-4-5-17-29,30-18-6-7-19-30)31-20-8-9-21-31)39(37,32-22-10-11-23-32,33-24-12-13-25-33)34-26-14-15-27-34;/h28-34H,4-27H2,1-3H3;. The maximum atomic E-state index is 9.61. The predicted molar refractivity (Wildman–Crippen MR) is 182 cm³/mol. The second-order valence-electron chi connectivity index (χ2n) is 16.3. The first-order chi connectivity index (χ1) is 18.7. The van der Waals surface area contributed by atoms with Gasteiger partial charge >= 0.3 is 254 Å². The molecular weight excluding hydrogens is 654 g/mol. The summed E-state index contributed by atoms with van der Waals surface area (Å²) in [6, 6.07) is 0. The molecule has 6 saturated carbocycles.